The lowest BCUT2D eigenvalue weighted by molar-refractivity contribution is 0.177. The second-order valence-electron chi connectivity index (χ2n) is 4.54. The van der Waals surface area contributed by atoms with Crippen LogP contribution in [0.5, 0.6) is 0 Å². The Labute approximate surface area is 132 Å². The van der Waals surface area contributed by atoms with Gasteiger partial charge in [-0.3, -0.25) is 0 Å². The molecule has 0 aliphatic carbocycles. The van der Waals surface area contributed by atoms with Crippen molar-refractivity contribution in [1.82, 2.24) is 9.55 Å². The van der Waals surface area contributed by atoms with Gasteiger partial charge < -0.3 is 9.30 Å². The number of ether oxygens (including phenoxy) is 1. The van der Waals surface area contributed by atoms with Crippen molar-refractivity contribution in [3.63, 3.8) is 0 Å². The van der Waals surface area contributed by atoms with E-state index < -0.39 is 0 Å². The van der Waals surface area contributed by atoms with Gasteiger partial charge in [0.15, 0.2) is 0 Å². The van der Waals surface area contributed by atoms with E-state index in [9.17, 15) is 0 Å². The summed E-state index contributed by atoms with van der Waals surface area (Å²) in [7, 11) is 0. The van der Waals surface area contributed by atoms with Crippen LogP contribution >= 0.6 is 23.6 Å². The minimum Gasteiger partial charge on any atom is -0.472 e. The van der Waals surface area contributed by atoms with Crippen LogP contribution in [0.3, 0.4) is 0 Å². The number of hydrogen-bond acceptors (Lipinski definition) is 4. The third kappa shape index (κ3) is 3.56. The number of benzene rings is 1. The predicted molar refractivity (Wildman–Crippen MR) is 88.5 cm³/mol. The van der Waals surface area contributed by atoms with Crippen molar-refractivity contribution in [2.45, 2.75) is 12.6 Å². The standard InChI is InChI=1S/C16H14N2OS2/c20-16(15-7-4-10-21-15)19-14(11-18-9-8-17-12-18)13-5-2-1-3-6-13/h1-10,12,14H,11H2. The summed E-state index contributed by atoms with van der Waals surface area (Å²) < 4.78 is 8.04. The average Bonchev–Trinajstić information content (AvgIpc) is 3.21. The Hall–Kier alpha value is -1.98. The van der Waals surface area contributed by atoms with E-state index in [-0.39, 0.29) is 6.10 Å². The Balaban J connectivity index is 1.80. The van der Waals surface area contributed by atoms with E-state index >= 15 is 0 Å². The van der Waals surface area contributed by atoms with Crippen molar-refractivity contribution in [1.29, 1.82) is 0 Å². The van der Waals surface area contributed by atoms with Crippen molar-refractivity contribution in [2.75, 3.05) is 0 Å². The maximum atomic E-state index is 6.05. The van der Waals surface area contributed by atoms with Crippen molar-refractivity contribution in [2.24, 2.45) is 0 Å². The number of thiophene rings is 1. The van der Waals surface area contributed by atoms with Crippen LogP contribution in [0.4, 0.5) is 0 Å². The van der Waals surface area contributed by atoms with Crippen LogP contribution in [0.25, 0.3) is 0 Å². The van der Waals surface area contributed by atoms with Gasteiger partial charge in [-0.05, 0) is 29.2 Å². The second kappa shape index (κ2) is 6.65. The van der Waals surface area contributed by atoms with Crippen LogP contribution in [0, 0.1) is 0 Å². The molecule has 3 nitrogen and oxygen atoms in total. The molecular weight excluding hydrogens is 300 g/mol. The van der Waals surface area contributed by atoms with Crippen LogP contribution in [0.2, 0.25) is 0 Å². The van der Waals surface area contributed by atoms with Crippen molar-refractivity contribution in [3.05, 3.63) is 77.0 Å². The van der Waals surface area contributed by atoms with E-state index in [2.05, 4.69) is 17.1 Å². The van der Waals surface area contributed by atoms with Gasteiger partial charge in [0.1, 0.15) is 6.10 Å². The molecule has 3 rings (SSSR count). The molecule has 106 valence electrons. The van der Waals surface area contributed by atoms with Crippen LogP contribution in [0.1, 0.15) is 16.5 Å². The van der Waals surface area contributed by atoms with E-state index in [4.69, 9.17) is 17.0 Å². The van der Waals surface area contributed by atoms with Gasteiger partial charge in [0.25, 0.3) is 0 Å². The molecule has 0 amide bonds. The molecule has 2 heterocycles. The van der Waals surface area contributed by atoms with Crippen molar-refractivity contribution < 1.29 is 4.74 Å². The first-order chi connectivity index (χ1) is 10.3. The SMILES string of the molecule is S=C(OC(Cn1ccnc1)c1ccccc1)c1cccs1. The zero-order chi connectivity index (χ0) is 14.5. The summed E-state index contributed by atoms with van der Waals surface area (Å²) in [6.07, 6.45) is 5.34. The third-order valence-corrected chi connectivity index (χ3v) is 4.39. The molecule has 5 heteroatoms. The highest BCUT2D eigenvalue weighted by Gasteiger charge is 2.16. The maximum absolute atomic E-state index is 6.05. The molecule has 0 aliphatic rings. The Morgan fingerprint density at radius 3 is 2.76 bits per heavy atom. The molecule has 0 saturated carbocycles. The first-order valence-electron chi connectivity index (χ1n) is 6.58. The molecule has 0 fully saturated rings. The minimum atomic E-state index is -0.130. The summed E-state index contributed by atoms with van der Waals surface area (Å²) in [6, 6.07) is 14.1. The summed E-state index contributed by atoms with van der Waals surface area (Å²) in [4.78, 5) is 5.06. The number of thiocarbonyl (C=S) groups is 1. The Morgan fingerprint density at radius 1 is 1.24 bits per heavy atom. The van der Waals surface area contributed by atoms with Crippen LogP contribution in [0.15, 0.2) is 66.6 Å². The molecule has 1 atom stereocenters. The number of nitrogens with zero attached hydrogens (tertiary/aromatic N) is 2. The monoisotopic (exact) mass is 314 g/mol. The molecule has 0 N–H and O–H groups in total. The molecule has 0 bridgehead atoms. The Bertz CT molecular complexity index is 678. The van der Waals surface area contributed by atoms with E-state index in [1.807, 2.05) is 46.5 Å². The lowest BCUT2D eigenvalue weighted by Crippen LogP contribution is -2.15. The quantitative estimate of drug-likeness (QED) is 0.664. The van der Waals surface area contributed by atoms with E-state index in [0.29, 0.717) is 11.6 Å². The number of aromatic nitrogens is 2. The summed E-state index contributed by atoms with van der Waals surface area (Å²) >= 11 is 7.00. The topological polar surface area (TPSA) is 27.1 Å². The van der Waals surface area contributed by atoms with E-state index in [1.54, 1.807) is 23.9 Å². The lowest BCUT2D eigenvalue weighted by Gasteiger charge is -2.20. The van der Waals surface area contributed by atoms with Gasteiger partial charge in [0.05, 0.1) is 17.7 Å². The second-order valence-corrected chi connectivity index (χ2v) is 5.86. The Kier molecular flexibility index (Phi) is 4.43. The van der Waals surface area contributed by atoms with Crippen LogP contribution < -0.4 is 0 Å². The highest BCUT2D eigenvalue weighted by atomic mass is 32.1. The van der Waals surface area contributed by atoms with Gasteiger partial charge in [-0.15, -0.1) is 11.3 Å². The highest BCUT2D eigenvalue weighted by molar-refractivity contribution is 7.80. The van der Waals surface area contributed by atoms with E-state index in [0.717, 1.165) is 10.4 Å². The normalized spacial score (nSPS) is 12.0. The summed E-state index contributed by atoms with van der Waals surface area (Å²) in [5.74, 6) is 0. The van der Waals surface area contributed by atoms with Gasteiger partial charge in [-0.2, -0.15) is 0 Å². The number of hydrogen-bond donors (Lipinski definition) is 0. The number of imidazole rings is 1. The zero-order valence-corrected chi connectivity index (χ0v) is 12.9. The third-order valence-electron chi connectivity index (χ3n) is 3.08. The van der Waals surface area contributed by atoms with Crippen LogP contribution in [-0.2, 0) is 11.3 Å². The molecule has 21 heavy (non-hydrogen) atoms. The first-order valence-corrected chi connectivity index (χ1v) is 7.87. The summed E-state index contributed by atoms with van der Waals surface area (Å²) in [5.41, 5.74) is 1.10. The minimum absolute atomic E-state index is 0.130. The fourth-order valence-electron chi connectivity index (χ4n) is 2.05. The largest absolute Gasteiger partial charge is 0.472 e. The van der Waals surface area contributed by atoms with Gasteiger partial charge in [0.2, 0.25) is 5.05 Å². The fraction of sp³-hybridized carbons (Fsp3) is 0.125. The molecular formula is C16H14N2OS2. The molecule has 1 unspecified atom stereocenters. The van der Waals surface area contributed by atoms with Crippen molar-refractivity contribution in [3.8, 4) is 0 Å². The fourth-order valence-corrected chi connectivity index (χ4v) is 2.98. The smallest absolute Gasteiger partial charge is 0.202 e. The Morgan fingerprint density at radius 2 is 2.10 bits per heavy atom. The summed E-state index contributed by atoms with van der Waals surface area (Å²) in [5, 5.41) is 2.54. The molecule has 1 aromatic carbocycles. The molecule has 0 saturated heterocycles. The maximum Gasteiger partial charge on any atom is 0.202 e. The van der Waals surface area contributed by atoms with Gasteiger partial charge in [-0.25, -0.2) is 4.98 Å². The zero-order valence-electron chi connectivity index (χ0n) is 11.3. The van der Waals surface area contributed by atoms with Gasteiger partial charge in [-0.1, -0.05) is 36.4 Å². The van der Waals surface area contributed by atoms with Gasteiger partial charge in [0, 0.05) is 12.4 Å². The molecule has 0 spiro atoms. The molecule has 2 aromatic heterocycles. The molecule has 0 aliphatic heterocycles. The molecule has 0 radical (unpaired) electrons. The first kappa shape index (κ1) is 14.0. The van der Waals surface area contributed by atoms with Crippen molar-refractivity contribution >= 4 is 28.6 Å². The highest BCUT2D eigenvalue weighted by Crippen LogP contribution is 2.23. The van der Waals surface area contributed by atoms with Gasteiger partial charge >= 0.3 is 0 Å². The number of rotatable bonds is 5. The average molecular weight is 314 g/mol. The van der Waals surface area contributed by atoms with Crippen LogP contribution in [-0.4, -0.2) is 14.6 Å². The van der Waals surface area contributed by atoms with E-state index in [1.165, 1.54) is 0 Å². The molecule has 3 aromatic rings. The lowest BCUT2D eigenvalue weighted by atomic mass is 10.1. The predicted octanol–water partition coefficient (Wildman–Crippen LogP) is 4.08. The summed E-state index contributed by atoms with van der Waals surface area (Å²) in [6.45, 7) is 0.676.